The Morgan fingerprint density at radius 1 is 0.960 bits per heavy atom. The highest BCUT2D eigenvalue weighted by Gasteiger charge is 2.30. The second-order valence-electron chi connectivity index (χ2n) is 6.54. The standard InChI is InChI=1S/C16H26N4O4S/c1-9(2)13(18)15(21)19-14(10(3)4)16(22)20-25(23,24)12-7-5-11(17)6-8-12/h5-10,13-14H,17-18H2,1-4H3,(H,19,21)(H,20,22)/t13-,14-/m0/s1. The average Bonchev–Trinajstić information content (AvgIpc) is 2.50. The molecule has 6 N–H and O–H groups in total. The normalized spacial score (nSPS) is 14.2. The van der Waals surface area contributed by atoms with E-state index in [9.17, 15) is 18.0 Å². The van der Waals surface area contributed by atoms with Gasteiger partial charge in [-0.15, -0.1) is 0 Å². The number of nitrogens with one attached hydrogen (secondary N) is 2. The summed E-state index contributed by atoms with van der Waals surface area (Å²) in [5.41, 5.74) is 11.7. The Labute approximate surface area is 148 Å². The van der Waals surface area contributed by atoms with E-state index in [1.165, 1.54) is 24.3 Å². The number of benzene rings is 1. The summed E-state index contributed by atoms with van der Waals surface area (Å²) >= 11 is 0. The summed E-state index contributed by atoms with van der Waals surface area (Å²) in [7, 11) is -4.06. The summed E-state index contributed by atoms with van der Waals surface area (Å²) in [4.78, 5) is 24.4. The lowest BCUT2D eigenvalue weighted by Gasteiger charge is -2.24. The van der Waals surface area contributed by atoms with E-state index < -0.39 is 33.9 Å². The molecule has 9 heteroatoms. The Bertz CT molecular complexity index is 714. The maximum atomic E-state index is 12.4. The van der Waals surface area contributed by atoms with Crippen molar-refractivity contribution in [1.82, 2.24) is 10.0 Å². The molecule has 0 fully saturated rings. The molecule has 2 amide bonds. The zero-order chi connectivity index (χ0) is 19.4. The number of hydrogen-bond donors (Lipinski definition) is 4. The number of carbonyl (C=O) groups excluding carboxylic acids is 2. The molecule has 8 nitrogen and oxygen atoms in total. The van der Waals surface area contributed by atoms with Crippen molar-refractivity contribution < 1.29 is 18.0 Å². The number of rotatable bonds is 7. The summed E-state index contributed by atoms with van der Waals surface area (Å²) in [5.74, 6) is -1.77. The van der Waals surface area contributed by atoms with Crippen LogP contribution in [0.25, 0.3) is 0 Å². The predicted octanol–water partition coefficient (Wildman–Crippen LogP) is 0.198. The van der Waals surface area contributed by atoms with Crippen LogP contribution in [0.15, 0.2) is 29.2 Å². The van der Waals surface area contributed by atoms with Crippen molar-refractivity contribution in [3.63, 3.8) is 0 Å². The van der Waals surface area contributed by atoms with Crippen LogP contribution in [0.3, 0.4) is 0 Å². The third-order valence-electron chi connectivity index (χ3n) is 3.69. The van der Waals surface area contributed by atoms with Gasteiger partial charge in [0, 0.05) is 5.69 Å². The van der Waals surface area contributed by atoms with E-state index in [4.69, 9.17) is 11.5 Å². The second-order valence-corrected chi connectivity index (χ2v) is 8.22. The number of anilines is 1. The number of hydrogen-bond acceptors (Lipinski definition) is 6. The summed E-state index contributed by atoms with van der Waals surface area (Å²) in [6.45, 7) is 6.95. The van der Waals surface area contributed by atoms with Crippen molar-refractivity contribution in [3.8, 4) is 0 Å². The smallest absolute Gasteiger partial charge is 0.264 e. The SMILES string of the molecule is CC(C)[C@H](N)C(=O)N[C@H](C(=O)NS(=O)(=O)c1ccc(N)cc1)C(C)C. The molecule has 0 saturated carbocycles. The van der Waals surface area contributed by atoms with Gasteiger partial charge < -0.3 is 16.8 Å². The van der Waals surface area contributed by atoms with E-state index in [1.807, 2.05) is 4.72 Å². The molecule has 0 heterocycles. The van der Waals surface area contributed by atoms with E-state index >= 15 is 0 Å². The highest BCUT2D eigenvalue weighted by molar-refractivity contribution is 7.90. The average molecular weight is 370 g/mol. The van der Waals surface area contributed by atoms with Crippen molar-refractivity contribution in [2.24, 2.45) is 17.6 Å². The Morgan fingerprint density at radius 3 is 1.92 bits per heavy atom. The third-order valence-corrected chi connectivity index (χ3v) is 5.06. The lowest BCUT2D eigenvalue weighted by molar-refractivity contribution is -0.130. The van der Waals surface area contributed by atoms with Gasteiger partial charge in [0.05, 0.1) is 10.9 Å². The fraction of sp³-hybridized carbons (Fsp3) is 0.500. The Balaban J connectivity index is 2.93. The minimum absolute atomic E-state index is 0.0947. The largest absolute Gasteiger partial charge is 0.399 e. The third kappa shape index (κ3) is 5.71. The molecule has 0 saturated heterocycles. The van der Waals surface area contributed by atoms with Crippen molar-refractivity contribution in [2.45, 2.75) is 44.7 Å². The van der Waals surface area contributed by atoms with Crippen molar-refractivity contribution in [2.75, 3.05) is 5.73 Å². The minimum Gasteiger partial charge on any atom is -0.399 e. The van der Waals surface area contributed by atoms with Gasteiger partial charge in [0.1, 0.15) is 6.04 Å². The maximum Gasteiger partial charge on any atom is 0.264 e. The summed E-state index contributed by atoms with van der Waals surface area (Å²) in [6, 6.07) is 3.61. The molecule has 0 aliphatic heterocycles. The zero-order valence-corrected chi connectivity index (χ0v) is 15.6. The molecule has 0 aromatic heterocycles. The Hall–Kier alpha value is -2.13. The molecule has 2 atom stereocenters. The van der Waals surface area contributed by atoms with Gasteiger partial charge in [0.25, 0.3) is 15.9 Å². The van der Waals surface area contributed by atoms with Gasteiger partial charge in [-0.25, -0.2) is 13.1 Å². The van der Waals surface area contributed by atoms with Crippen LogP contribution in [0.4, 0.5) is 5.69 Å². The molecule has 0 bridgehead atoms. The second kappa shape index (κ2) is 8.30. The van der Waals surface area contributed by atoms with Gasteiger partial charge in [0.15, 0.2) is 0 Å². The molecule has 0 aliphatic rings. The van der Waals surface area contributed by atoms with Crippen LogP contribution in [0.5, 0.6) is 0 Å². The van der Waals surface area contributed by atoms with Crippen LogP contribution in [0.1, 0.15) is 27.7 Å². The molecule has 25 heavy (non-hydrogen) atoms. The van der Waals surface area contributed by atoms with Crippen LogP contribution in [-0.4, -0.2) is 32.3 Å². The molecule has 0 aliphatic carbocycles. The van der Waals surface area contributed by atoms with Crippen molar-refractivity contribution in [1.29, 1.82) is 0 Å². The van der Waals surface area contributed by atoms with Crippen LogP contribution in [0, 0.1) is 11.8 Å². The summed E-state index contributed by atoms with van der Waals surface area (Å²) < 4.78 is 26.6. The molecular weight excluding hydrogens is 344 g/mol. The quantitative estimate of drug-likeness (QED) is 0.505. The minimum atomic E-state index is -4.06. The lowest BCUT2D eigenvalue weighted by Crippen LogP contribution is -2.55. The number of sulfonamides is 1. The number of amides is 2. The van der Waals surface area contributed by atoms with E-state index in [2.05, 4.69) is 5.32 Å². The highest BCUT2D eigenvalue weighted by atomic mass is 32.2. The molecule has 0 spiro atoms. The van der Waals surface area contributed by atoms with Gasteiger partial charge in [0.2, 0.25) is 5.91 Å². The van der Waals surface area contributed by atoms with Crippen LogP contribution in [-0.2, 0) is 19.6 Å². The van der Waals surface area contributed by atoms with E-state index in [1.54, 1.807) is 27.7 Å². The molecule has 0 radical (unpaired) electrons. The first-order valence-corrected chi connectivity index (χ1v) is 9.42. The first kappa shape index (κ1) is 20.9. The van der Waals surface area contributed by atoms with Gasteiger partial charge in [-0.2, -0.15) is 0 Å². The topological polar surface area (TPSA) is 144 Å². The molecule has 1 aromatic carbocycles. The van der Waals surface area contributed by atoms with Gasteiger partial charge in [-0.1, -0.05) is 27.7 Å². The maximum absolute atomic E-state index is 12.4. The first-order valence-electron chi connectivity index (χ1n) is 7.94. The monoisotopic (exact) mass is 370 g/mol. The van der Waals surface area contributed by atoms with Crippen LogP contribution < -0.4 is 21.5 Å². The van der Waals surface area contributed by atoms with E-state index in [-0.39, 0.29) is 16.7 Å². The predicted molar refractivity (Wildman–Crippen MR) is 95.8 cm³/mol. The number of nitrogens with two attached hydrogens (primary N) is 2. The van der Waals surface area contributed by atoms with Crippen LogP contribution >= 0.6 is 0 Å². The van der Waals surface area contributed by atoms with Gasteiger partial charge >= 0.3 is 0 Å². The highest BCUT2D eigenvalue weighted by Crippen LogP contribution is 2.12. The zero-order valence-electron chi connectivity index (χ0n) is 14.8. The lowest BCUT2D eigenvalue weighted by atomic mass is 10.0. The molecular formula is C16H26N4O4S. The number of carbonyl (C=O) groups is 2. The molecule has 140 valence electrons. The van der Waals surface area contributed by atoms with Gasteiger partial charge in [-0.05, 0) is 36.1 Å². The fourth-order valence-electron chi connectivity index (χ4n) is 1.99. The Kier molecular flexibility index (Phi) is 6.95. The van der Waals surface area contributed by atoms with E-state index in [0.717, 1.165) is 0 Å². The number of nitrogen functional groups attached to an aromatic ring is 1. The first-order chi connectivity index (χ1) is 11.5. The molecule has 0 unspecified atom stereocenters. The van der Waals surface area contributed by atoms with Crippen LogP contribution in [0.2, 0.25) is 0 Å². The molecule has 1 rings (SSSR count). The van der Waals surface area contributed by atoms with Gasteiger partial charge in [-0.3, -0.25) is 9.59 Å². The van der Waals surface area contributed by atoms with Crippen molar-refractivity contribution >= 4 is 27.5 Å². The van der Waals surface area contributed by atoms with E-state index in [0.29, 0.717) is 5.69 Å². The Morgan fingerprint density at radius 2 is 1.48 bits per heavy atom. The summed E-state index contributed by atoms with van der Waals surface area (Å²) in [6.07, 6.45) is 0. The molecule has 1 aromatic rings. The fourth-order valence-corrected chi connectivity index (χ4v) is 2.99. The summed E-state index contributed by atoms with van der Waals surface area (Å²) in [5, 5.41) is 2.52. The van der Waals surface area contributed by atoms with Crippen molar-refractivity contribution in [3.05, 3.63) is 24.3 Å².